The molecule has 1 heterocycles. The molecule has 12 nitrogen and oxygen atoms in total. The van der Waals surface area contributed by atoms with Gasteiger partial charge in [0.25, 0.3) is 11.8 Å². The number of nitrogens with zero attached hydrogens (tertiary/aromatic N) is 1. The summed E-state index contributed by atoms with van der Waals surface area (Å²) in [6.07, 6.45) is 8.74. The summed E-state index contributed by atoms with van der Waals surface area (Å²) in [5.74, 6) is -2.99. The van der Waals surface area contributed by atoms with Crippen LogP contribution >= 0.6 is 0 Å². The summed E-state index contributed by atoms with van der Waals surface area (Å²) in [5, 5.41) is 27.5. The Labute approximate surface area is 281 Å². The van der Waals surface area contributed by atoms with Crippen molar-refractivity contribution in [2.75, 3.05) is 18.4 Å². The van der Waals surface area contributed by atoms with E-state index < -0.39 is 29.7 Å². The number of benzene rings is 3. The average molecular weight is 664 g/mol. The van der Waals surface area contributed by atoms with Crippen molar-refractivity contribution >= 4 is 46.4 Å². The lowest BCUT2D eigenvalue weighted by Gasteiger charge is -2.56. The van der Waals surface area contributed by atoms with Crippen LogP contribution in [0.25, 0.3) is 11.0 Å². The molecule has 3 amide bonds. The number of carboxylic acid groups (broad SMARTS) is 2. The first-order valence-electron chi connectivity index (χ1n) is 16.6. The minimum absolute atomic E-state index is 0.0171. The molecular formula is C37H37N5O7. The number of aromatic carboxylic acids is 2. The Morgan fingerprint density at radius 3 is 2.06 bits per heavy atom. The van der Waals surface area contributed by atoms with Crippen LogP contribution in [-0.2, 0) is 4.79 Å². The van der Waals surface area contributed by atoms with Gasteiger partial charge in [-0.05, 0) is 97.6 Å². The van der Waals surface area contributed by atoms with Crippen LogP contribution in [0.4, 0.5) is 5.69 Å². The third kappa shape index (κ3) is 6.50. The number of H-pyrrole nitrogens is 1. The van der Waals surface area contributed by atoms with Crippen molar-refractivity contribution in [3.05, 3.63) is 94.8 Å². The van der Waals surface area contributed by atoms with Crippen LogP contribution < -0.4 is 16.0 Å². The van der Waals surface area contributed by atoms with E-state index in [1.165, 1.54) is 37.7 Å². The molecule has 1 unspecified atom stereocenters. The lowest BCUT2D eigenvalue weighted by atomic mass is 9.49. The molecule has 6 N–H and O–H groups in total. The Kier molecular flexibility index (Phi) is 8.39. The van der Waals surface area contributed by atoms with Crippen LogP contribution in [0.1, 0.15) is 91.4 Å². The summed E-state index contributed by atoms with van der Waals surface area (Å²) in [4.78, 5) is 72.0. The van der Waals surface area contributed by atoms with Gasteiger partial charge in [-0.25, -0.2) is 14.6 Å². The standard InChI is InChI=1S/C37H37N5O7/c43-32(38-17-28(23-4-2-1-3-5-23)33(44)42-26-12-24(35(46)47)11-25(13-26)36(48)49)27-6-7-29-31(41-19-40-29)30(27)34(45)39-18-37-14-20-8-21(15-37)10-22(9-20)16-37/h1-7,11-13,19-22,28H,8-10,14-18H2,(H,38,43)(H,39,45)(H,40,41)(H,42,44)(H,46,47)(H,48,49). The number of anilines is 1. The van der Waals surface area contributed by atoms with E-state index in [9.17, 15) is 34.2 Å². The van der Waals surface area contributed by atoms with Crippen LogP contribution in [0.2, 0.25) is 0 Å². The molecule has 1 aromatic heterocycles. The molecule has 252 valence electrons. The van der Waals surface area contributed by atoms with E-state index in [2.05, 4.69) is 25.9 Å². The van der Waals surface area contributed by atoms with Gasteiger partial charge in [0.05, 0.1) is 40.0 Å². The van der Waals surface area contributed by atoms with E-state index in [-0.39, 0.29) is 45.8 Å². The molecule has 4 bridgehead atoms. The zero-order valence-corrected chi connectivity index (χ0v) is 26.7. The highest BCUT2D eigenvalue weighted by Crippen LogP contribution is 2.59. The third-order valence-electron chi connectivity index (χ3n) is 10.5. The topological polar surface area (TPSA) is 191 Å². The van der Waals surface area contributed by atoms with Gasteiger partial charge in [0.1, 0.15) is 5.52 Å². The second kappa shape index (κ2) is 12.8. The van der Waals surface area contributed by atoms with E-state index in [4.69, 9.17) is 0 Å². The van der Waals surface area contributed by atoms with E-state index in [0.717, 1.165) is 43.1 Å². The number of rotatable bonds is 11. The highest BCUT2D eigenvalue weighted by atomic mass is 16.4. The number of carbonyl (C=O) groups excluding carboxylic acids is 3. The normalized spacial score (nSPS) is 22.7. The fourth-order valence-corrected chi connectivity index (χ4v) is 8.80. The number of imidazole rings is 1. The van der Waals surface area contributed by atoms with Crippen molar-refractivity contribution < 1.29 is 34.2 Å². The highest BCUT2D eigenvalue weighted by molar-refractivity contribution is 6.14. The SMILES string of the molecule is O=C(O)c1cc(NC(=O)C(CNC(=O)c2ccc3[nH]cnc3c2C(=O)NCC23CC4CC(CC(C4)C2)C3)c2ccccc2)cc(C(=O)O)c1. The largest absolute Gasteiger partial charge is 0.478 e. The fraction of sp³-hybridized carbons (Fsp3) is 0.351. The zero-order valence-electron chi connectivity index (χ0n) is 26.7. The van der Waals surface area contributed by atoms with Crippen molar-refractivity contribution in [1.29, 1.82) is 0 Å². The Morgan fingerprint density at radius 2 is 1.45 bits per heavy atom. The summed E-state index contributed by atoms with van der Waals surface area (Å²) < 4.78 is 0. The quantitative estimate of drug-likeness (QED) is 0.128. The van der Waals surface area contributed by atoms with Gasteiger partial charge >= 0.3 is 11.9 Å². The van der Waals surface area contributed by atoms with E-state index >= 15 is 0 Å². The Balaban J connectivity index is 1.11. The van der Waals surface area contributed by atoms with Crippen LogP contribution in [-0.4, -0.2) is 62.9 Å². The van der Waals surface area contributed by atoms with Gasteiger partial charge in [0, 0.05) is 18.8 Å². The molecular weight excluding hydrogens is 626 g/mol. The second-order valence-electron chi connectivity index (χ2n) is 14.0. The number of aromatic nitrogens is 2. The summed E-state index contributed by atoms with van der Waals surface area (Å²) in [6.45, 7) is 0.381. The van der Waals surface area contributed by atoms with E-state index in [1.807, 2.05) is 0 Å². The van der Waals surface area contributed by atoms with Crippen molar-refractivity contribution in [1.82, 2.24) is 20.6 Å². The number of nitrogens with one attached hydrogen (secondary N) is 4. The molecule has 0 radical (unpaired) electrons. The van der Waals surface area contributed by atoms with Crippen LogP contribution in [0, 0.1) is 23.2 Å². The van der Waals surface area contributed by atoms with Crippen molar-refractivity contribution in [3.63, 3.8) is 0 Å². The van der Waals surface area contributed by atoms with Gasteiger partial charge in [0.15, 0.2) is 0 Å². The van der Waals surface area contributed by atoms with Crippen LogP contribution in [0.3, 0.4) is 0 Å². The minimum Gasteiger partial charge on any atom is -0.478 e. The predicted molar refractivity (Wildman–Crippen MR) is 180 cm³/mol. The maximum atomic E-state index is 13.9. The minimum atomic E-state index is -1.35. The number of amides is 3. The Bertz CT molecular complexity index is 1900. The predicted octanol–water partition coefficient (Wildman–Crippen LogP) is 5.06. The number of fused-ring (bicyclic) bond motifs is 1. The van der Waals surface area contributed by atoms with Crippen LogP contribution in [0.15, 0.2) is 67.0 Å². The van der Waals surface area contributed by atoms with Crippen LogP contribution in [0.5, 0.6) is 0 Å². The first-order valence-corrected chi connectivity index (χ1v) is 16.6. The van der Waals surface area contributed by atoms with Gasteiger partial charge < -0.3 is 31.1 Å². The van der Waals surface area contributed by atoms with Gasteiger partial charge in [-0.15, -0.1) is 0 Å². The highest BCUT2D eigenvalue weighted by Gasteiger charge is 2.50. The second-order valence-corrected chi connectivity index (χ2v) is 14.0. The van der Waals surface area contributed by atoms with Crippen molar-refractivity contribution in [2.24, 2.45) is 23.2 Å². The van der Waals surface area contributed by atoms with E-state index in [1.54, 1.807) is 42.5 Å². The number of hydrogen-bond donors (Lipinski definition) is 6. The van der Waals surface area contributed by atoms with Crippen molar-refractivity contribution in [2.45, 2.75) is 44.4 Å². The maximum absolute atomic E-state index is 13.9. The van der Waals surface area contributed by atoms with Gasteiger partial charge in [-0.3, -0.25) is 14.4 Å². The first kappa shape index (κ1) is 32.0. The number of carboxylic acids is 2. The maximum Gasteiger partial charge on any atom is 0.335 e. The lowest BCUT2D eigenvalue weighted by molar-refractivity contribution is -0.117. The molecule has 0 spiro atoms. The summed E-state index contributed by atoms with van der Waals surface area (Å²) in [5.41, 5.74) is 1.30. The molecule has 1 atom stereocenters. The molecule has 0 aliphatic heterocycles. The molecule has 4 fully saturated rings. The number of aromatic amines is 1. The summed E-state index contributed by atoms with van der Waals surface area (Å²) in [6, 6.07) is 15.3. The van der Waals surface area contributed by atoms with Gasteiger partial charge in [-0.1, -0.05) is 30.3 Å². The molecule has 0 saturated heterocycles. The smallest absolute Gasteiger partial charge is 0.335 e. The number of carbonyl (C=O) groups is 5. The monoisotopic (exact) mass is 663 g/mol. The summed E-state index contributed by atoms with van der Waals surface area (Å²) in [7, 11) is 0. The van der Waals surface area contributed by atoms with Gasteiger partial charge in [-0.2, -0.15) is 0 Å². The molecule has 49 heavy (non-hydrogen) atoms. The molecule has 4 saturated carbocycles. The molecule has 12 heteroatoms. The fourth-order valence-electron chi connectivity index (χ4n) is 8.80. The third-order valence-corrected chi connectivity index (χ3v) is 10.5. The Hall–Kier alpha value is -5.52. The lowest BCUT2D eigenvalue weighted by Crippen LogP contribution is -2.51. The van der Waals surface area contributed by atoms with Crippen molar-refractivity contribution in [3.8, 4) is 0 Å². The number of hydrogen-bond acceptors (Lipinski definition) is 6. The zero-order chi connectivity index (χ0) is 34.3. The van der Waals surface area contributed by atoms with Gasteiger partial charge in [0.2, 0.25) is 5.91 Å². The molecule has 8 rings (SSSR count). The average Bonchev–Trinajstić information content (AvgIpc) is 3.55. The Morgan fingerprint density at radius 1 is 0.816 bits per heavy atom. The molecule has 4 aliphatic rings. The first-order chi connectivity index (χ1) is 23.6. The molecule has 4 aromatic rings. The molecule has 3 aromatic carbocycles. The summed E-state index contributed by atoms with van der Waals surface area (Å²) >= 11 is 0. The van der Waals surface area contributed by atoms with E-state index in [0.29, 0.717) is 23.1 Å². The molecule has 4 aliphatic carbocycles.